The molecule has 1 aromatic rings. The summed E-state index contributed by atoms with van der Waals surface area (Å²) in [5.74, 6) is 0. The standard InChI is InChI=1S/C9H13OSi/c1-8(2)10-11-9-6-4-3-5-7-9/h3-7H,11H2,1-2H3. The molecule has 0 saturated carbocycles. The molecule has 11 heavy (non-hydrogen) atoms. The average Bonchev–Trinajstić information content (AvgIpc) is 2.03. The Labute approximate surface area is 70.3 Å². The van der Waals surface area contributed by atoms with E-state index >= 15 is 0 Å². The number of hydrogen-bond acceptors (Lipinski definition) is 1. The normalized spacial score (nSPS) is 11.5. The van der Waals surface area contributed by atoms with Crippen molar-refractivity contribution in [1.29, 1.82) is 0 Å². The van der Waals surface area contributed by atoms with Crippen LogP contribution in [-0.4, -0.2) is 9.76 Å². The molecule has 0 spiro atoms. The lowest BCUT2D eigenvalue weighted by atomic mass is 10.4. The molecule has 0 saturated heterocycles. The van der Waals surface area contributed by atoms with E-state index in [0.717, 1.165) is 6.10 Å². The molecule has 0 aliphatic rings. The first-order valence-electron chi connectivity index (χ1n) is 3.76. The molecule has 1 radical (unpaired) electrons. The summed E-state index contributed by atoms with van der Waals surface area (Å²) in [6.07, 6.45) is 1.07. The van der Waals surface area contributed by atoms with Crippen molar-refractivity contribution in [3.05, 3.63) is 36.4 Å². The van der Waals surface area contributed by atoms with Crippen molar-refractivity contribution in [3.8, 4) is 0 Å². The molecule has 0 N–H and O–H groups in total. The van der Waals surface area contributed by atoms with E-state index in [-0.39, 0.29) is 0 Å². The third-order valence-electron chi connectivity index (χ3n) is 1.37. The summed E-state index contributed by atoms with van der Waals surface area (Å²) in [5, 5.41) is 1.36. The van der Waals surface area contributed by atoms with E-state index in [2.05, 4.69) is 24.3 Å². The van der Waals surface area contributed by atoms with Crippen LogP contribution in [0.4, 0.5) is 0 Å². The molecule has 0 heterocycles. The molecule has 1 aromatic carbocycles. The fourth-order valence-corrected chi connectivity index (χ4v) is 1.72. The van der Waals surface area contributed by atoms with Gasteiger partial charge in [-0.3, -0.25) is 0 Å². The van der Waals surface area contributed by atoms with Gasteiger partial charge in [-0.2, -0.15) is 0 Å². The maximum absolute atomic E-state index is 5.48. The molecular weight excluding hydrogens is 152 g/mol. The smallest absolute Gasteiger partial charge is 0.193 e. The summed E-state index contributed by atoms with van der Waals surface area (Å²) >= 11 is 0. The molecule has 2 heteroatoms. The minimum Gasteiger partial charge on any atom is -0.411 e. The first-order chi connectivity index (χ1) is 5.29. The zero-order chi connectivity index (χ0) is 8.10. The Hall–Kier alpha value is -0.603. The number of hydrogen-bond donors (Lipinski definition) is 0. The van der Waals surface area contributed by atoms with Crippen molar-refractivity contribution in [2.45, 2.75) is 13.8 Å². The number of benzene rings is 1. The molecular formula is C9H13OSi. The second-order valence-electron chi connectivity index (χ2n) is 2.68. The molecule has 0 bridgehead atoms. The highest BCUT2D eigenvalue weighted by Gasteiger charge is 1.95. The summed E-state index contributed by atoms with van der Waals surface area (Å²) in [6, 6.07) is 10.4. The van der Waals surface area contributed by atoms with Crippen molar-refractivity contribution < 1.29 is 4.43 Å². The molecule has 0 aliphatic carbocycles. The van der Waals surface area contributed by atoms with Crippen LogP contribution < -0.4 is 5.19 Å². The van der Waals surface area contributed by atoms with Crippen LogP contribution in [0.1, 0.15) is 13.8 Å². The highest BCUT2D eigenvalue weighted by Crippen LogP contribution is 1.94. The Morgan fingerprint density at radius 2 is 1.82 bits per heavy atom. The Bertz CT molecular complexity index is 196. The van der Waals surface area contributed by atoms with Crippen LogP contribution in [0.15, 0.2) is 30.3 Å². The largest absolute Gasteiger partial charge is 0.411 e. The van der Waals surface area contributed by atoms with Crippen molar-refractivity contribution in [1.82, 2.24) is 0 Å². The predicted molar refractivity (Wildman–Crippen MR) is 50.3 cm³/mol. The monoisotopic (exact) mass is 165 g/mol. The lowest BCUT2D eigenvalue weighted by molar-refractivity contribution is 0.372. The molecule has 0 amide bonds. The zero-order valence-corrected chi connectivity index (χ0v) is 8.42. The molecule has 1 rings (SSSR count). The van der Waals surface area contributed by atoms with Gasteiger partial charge in [-0.05, 0) is 19.0 Å². The maximum Gasteiger partial charge on any atom is 0.193 e. The first kappa shape index (κ1) is 8.49. The molecule has 0 aromatic heterocycles. The Morgan fingerprint density at radius 3 is 2.36 bits per heavy atom. The van der Waals surface area contributed by atoms with Crippen molar-refractivity contribution in [2.75, 3.05) is 0 Å². The Balaban J connectivity index is 2.39. The summed E-state index contributed by atoms with van der Waals surface area (Å²) in [6.45, 7) is 3.99. The van der Waals surface area contributed by atoms with Gasteiger partial charge in [-0.15, -0.1) is 0 Å². The summed E-state index contributed by atoms with van der Waals surface area (Å²) in [7, 11) is -0.496. The second-order valence-corrected chi connectivity index (χ2v) is 4.08. The summed E-state index contributed by atoms with van der Waals surface area (Å²) in [5.41, 5.74) is 0. The van der Waals surface area contributed by atoms with E-state index in [1.165, 1.54) is 5.19 Å². The van der Waals surface area contributed by atoms with Crippen LogP contribution in [-0.2, 0) is 4.43 Å². The summed E-state index contributed by atoms with van der Waals surface area (Å²) in [4.78, 5) is 0. The molecule has 0 fully saturated rings. The van der Waals surface area contributed by atoms with Gasteiger partial charge in [0, 0.05) is 0 Å². The molecule has 59 valence electrons. The van der Waals surface area contributed by atoms with E-state index in [9.17, 15) is 0 Å². The minimum absolute atomic E-state index is 0.496. The van der Waals surface area contributed by atoms with E-state index in [1.54, 1.807) is 0 Å². The van der Waals surface area contributed by atoms with Gasteiger partial charge in [0.05, 0.1) is 6.10 Å². The van der Waals surface area contributed by atoms with Crippen molar-refractivity contribution in [3.63, 3.8) is 0 Å². The van der Waals surface area contributed by atoms with Gasteiger partial charge in [0.1, 0.15) is 0 Å². The Morgan fingerprint density at radius 1 is 1.18 bits per heavy atom. The lowest BCUT2D eigenvalue weighted by Crippen LogP contribution is -2.17. The van der Waals surface area contributed by atoms with Gasteiger partial charge in [0.2, 0.25) is 0 Å². The van der Waals surface area contributed by atoms with Crippen LogP contribution >= 0.6 is 0 Å². The third-order valence-corrected chi connectivity index (χ3v) is 2.90. The van der Waals surface area contributed by atoms with Crippen LogP contribution in [0.25, 0.3) is 0 Å². The van der Waals surface area contributed by atoms with Gasteiger partial charge in [0.25, 0.3) is 0 Å². The van der Waals surface area contributed by atoms with Crippen LogP contribution in [0.5, 0.6) is 0 Å². The second kappa shape index (κ2) is 4.31. The topological polar surface area (TPSA) is 9.23 Å². The van der Waals surface area contributed by atoms with Crippen LogP contribution in [0.2, 0.25) is 0 Å². The van der Waals surface area contributed by atoms with E-state index in [4.69, 9.17) is 4.43 Å². The fourth-order valence-electron chi connectivity index (χ4n) is 0.802. The van der Waals surface area contributed by atoms with Gasteiger partial charge >= 0.3 is 0 Å². The van der Waals surface area contributed by atoms with Gasteiger partial charge in [0.15, 0.2) is 9.76 Å². The van der Waals surface area contributed by atoms with E-state index in [0.29, 0.717) is 0 Å². The van der Waals surface area contributed by atoms with Gasteiger partial charge in [-0.1, -0.05) is 30.3 Å². The zero-order valence-electron chi connectivity index (χ0n) is 7.00. The molecule has 1 nitrogen and oxygen atoms in total. The van der Waals surface area contributed by atoms with Crippen LogP contribution in [0.3, 0.4) is 0 Å². The lowest BCUT2D eigenvalue weighted by Gasteiger charge is -2.05. The van der Waals surface area contributed by atoms with Gasteiger partial charge in [-0.25, -0.2) is 0 Å². The molecule has 0 unspecified atom stereocenters. The SMILES string of the molecule is C[C](C)O[SiH2]c1ccccc1. The quantitative estimate of drug-likeness (QED) is 0.607. The molecule has 0 atom stereocenters. The Kier molecular flexibility index (Phi) is 3.33. The average molecular weight is 165 g/mol. The molecule has 0 aliphatic heterocycles. The number of rotatable bonds is 3. The fraction of sp³-hybridized carbons (Fsp3) is 0.222. The highest BCUT2D eigenvalue weighted by molar-refractivity contribution is 6.47. The third kappa shape index (κ3) is 3.35. The van der Waals surface area contributed by atoms with E-state index < -0.39 is 9.76 Å². The highest BCUT2D eigenvalue weighted by atomic mass is 28.2. The van der Waals surface area contributed by atoms with E-state index in [1.807, 2.05) is 19.9 Å². The maximum atomic E-state index is 5.48. The predicted octanol–water partition coefficient (Wildman–Crippen LogP) is 0.984. The van der Waals surface area contributed by atoms with Crippen molar-refractivity contribution in [2.24, 2.45) is 0 Å². The van der Waals surface area contributed by atoms with Crippen LogP contribution in [0, 0.1) is 6.10 Å². The minimum atomic E-state index is -0.496. The first-order valence-corrected chi connectivity index (χ1v) is 5.04. The van der Waals surface area contributed by atoms with Crippen molar-refractivity contribution >= 4 is 14.9 Å². The van der Waals surface area contributed by atoms with Gasteiger partial charge < -0.3 is 4.43 Å². The summed E-state index contributed by atoms with van der Waals surface area (Å²) < 4.78 is 5.48.